The van der Waals surface area contributed by atoms with Crippen LogP contribution in [-0.2, 0) is 21.3 Å². The number of aliphatic hydroxyl groups is 1. The van der Waals surface area contributed by atoms with Crippen LogP contribution in [-0.4, -0.2) is 34.6 Å². The lowest BCUT2D eigenvalue weighted by Crippen LogP contribution is -2.59. The van der Waals surface area contributed by atoms with Crippen LogP contribution in [0, 0.1) is 0 Å². The maximum atomic E-state index is 12.6. The van der Waals surface area contributed by atoms with Crippen LogP contribution in [0.15, 0.2) is 24.3 Å². The lowest BCUT2D eigenvalue weighted by molar-refractivity contribution is -0.148. The molecule has 2 rings (SSSR count). The Bertz CT molecular complexity index is 622. The number of nitrogens with one attached hydrogen (secondary N) is 1. The van der Waals surface area contributed by atoms with Crippen LogP contribution in [0.2, 0.25) is 0 Å². The SMILES string of the molecule is CC(=O)O.CN[C@@]1(c2ccc(C(F)(F)F)cc2)CCC[C@](C)(O)C1=O. The van der Waals surface area contributed by atoms with E-state index in [9.17, 15) is 23.1 Å². The monoisotopic (exact) mass is 361 g/mol. The summed E-state index contributed by atoms with van der Waals surface area (Å²) in [6, 6.07) is 4.54. The van der Waals surface area contributed by atoms with E-state index in [0.717, 1.165) is 19.1 Å². The number of benzene rings is 1. The third-order valence-corrected chi connectivity index (χ3v) is 4.22. The van der Waals surface area contributed by atoms with E-state index >= 15 is 0 Å². The Labute approximate surface area is 143 Å². The van der Waals surface area contributed by atoms with Crippen LogP contribution in [0.3, 0.4) is 0 Å². The number of halogens is 3. The molecule has 1 aliphatic carbocycles. The van der Waals surface area contributed by atoms with E-state index in [0.29, 0.717) is 24.8 Å². The zero-order valence-corrected chi connectivity index (χ0v) is 14.3. The van der Waals surface area contributed by atoms with Gasteiger partial charge in [-0.05, 0) is 50.9 Å². The van der Waals surface area contributed by atoms with E-state index in [-0.39, 0.29) is 0 Å². The number of carbonyl (C=O) groups excluding carboxylic acids is 1. The van der Waals surface area contributed by atoms with Gasteiger partial charge in [0.05, 0.1) is 5.56 Å². The highest BCUT2D eigenvalue weighted by molar-refractivity contribution is 5.96. The first-order valence-electron chi connectivity index (χ1n) is 7.70. The standard InChI is InChI=1S/C15H18F3NO2.C2H4O2/c1-13(21)8-3-9-14(19-2,12(13)20)10-4-6-11(7-5-10)15(16,17)18;1-2(3)4/h4-7,19,21H,3,8-9H2,1-2H3;1H3,(H,3,4)/t13-,14+;/m0./s1. The molecule has 5 nitrogen and oxygen atoms in total. The lowest BCUT2D eigenvalue weighted by Gasteiger charge is -2.42. The average Bonchev–Trinajstić information content (AvgIpc) is 2.49. The largest absolute Gasteiger partial charge is 0.481 e. The van der Waals surface area contributed by atoms with Crippen LogP contribution in [0.25, 0.3) is 0 Å². The minimum Gasteiger partial charge on any atom is -0.481 e. The van der Waals surface area contributed by atoms with Gasteiger partial charge in [-0.2, -0.15) is 13.2 Å². The summed E-state index contributed by atoms with van der Waals surface area (Å²) in [6.45, 7) is 2.53. The number of carboxylic acids is 1. The Kier molecular flexibility index (Phi) is 6.36. The molecule has 0 spiro atoms. The fourth-order valence-electron chi connectivity index (χ4n) is 2.99. The second-order valence-electron chi connectivity index (χ2n) is 6.21. The zero-order chi connectivity index (χ0) is 19.5. The Morgan fingerprint density at radius 1 is 1.20 bits per heavy atom. The second kappa shape index (κ2) is 7.53. The predicted octanol–water partition coefficient (Wildman–Crippen LogP) is 2.72. The van der Waals surface area contributed by atoms with Crippen molar-refractivity contribution in [2.75, 3.05) is 7.05 Å². The quantitative estimate of drug-likeness (QED) is 0.754. The van der Waals surface area contributed by atoms with E-state index in [1.807, 2.05) is 0 Å². The van der Waals surface area contributed by atoms with Gasteiger partial charge in [-0.15, -0.1) is 0 Å². The molecule has 0 amide bonds. The van der Waals surface area contributed by atoms with Crippen molar-refractivity contribution in [2.24, 2.45) is 0 Å². The molecule has 0 heterocycles. The molecule has 140 valence electrons. The first-order valence-corrected chi connectivity index (χ1v) is 7.70. The molecule has 1 saturated carbocycles. The molecule has 8 heteroatoms. The van der Waals surface area contributed by atoms with Gasteiger partial charge in [0.1, 0.15) is 11.1 Å². The summed E-state index contributed by atoms with van der Waals surface area (Å²) in [7, 11) is 1.58. The molecular formula is C17H22F3NO4. The summed E-state index contributed by atoms with van der Waals surface area (Å²) in [5.41, 5.74) is -2.91. The van der Waals surface area contributed by atoms with E-state index < -0.39 is 34.6 Å². The fourth-order valence-corrected chi connectivity index (χ4v) is 2.99. The number of Topliss-reactive ketones (excluding diaryl/α,β-unsaturated/α-hetero) is 1. The summed E-state index contributed by atoms with van der Waals surface area (Å²) in [5, 5.41) is 20.5. The molecule has 0 aromatic heterocycles. The van der Waals surface area contributed by atoms with Crippen molar-refractivity contribution in [1.29, 1.82) is 0 Å². The first kappa shape index (κ1) is 21.1. The van der Waals surface area contributed by atoms with Crippen molar-refractivity contribution in [3.63, 3.8) is 0 Å². The van der Waals surface area contributed by atoms with Gasteiger partial charge < -0.3 is 15.5 Å². The summed E-state index contributed by atoms with van der Waals surface area (Å²) in [6.07, 6.45) is -2.99. The fraction of sp³-hybridized carbons (Fsp3) is 0.529. The normalized spacial score (nSPS) is 26.6. The number of hydrogen-bond acceptors (Lipinski definition) is 4. The number of aliphatic carboxylic acids is 1. The van der Waals surface area contributed by atoms with E-state index in [4.69, 9.17) is 9.90 Å². The smallest absolute Gasteiger partial charge is 0.416 e. The molecule has 0 unspecified atom stereocenters. The molecule has 2 atom stereocenters. The van der Waals surface area contributed by atoms with Crippen molar-refractivity contribution in [3.8, 4) is 0 Å². The molecule has 0 saturated heterocycles. The number of ketones is 1. The van der Waals surface area contributed by atoms with Gasteiger partial charge >= 0.3 is 6.18 Å². The minimum absolute atomic E-state index is 0.357. The van der Waals surface area contributed by atoms with Crippen molar-refractivity contribution in [1.82, 2.24) is 5.32 Å². The molecule has 3 N–H and O–H groups in total. The summed E-state index contributed by atoms with van der Waals surface area (Å²) in [5.74, 6) is -1.23. The van der Waals surface area contributed by atoms with Crippen molar-refractivity contribution in [2.45, 2.75) is 50.4 Å². The molecule has 0 radical (unpaired) electrons. The summed E-state index contributed by atoms with van der Waals surface area (Å²) in [4.78, 5) is 21.5. The number of carbonyl (C=O) groups is 2. The molecular weight excluding hydrogens is 339 g/mol. The number of carboxylic acid groups (broad SMARTS) is 1. The van der Waals surface area contributed by atoms with E-state index in [1.165, 1.54) is 19.1 Å². The molecule has 1 aromatic carbocycles. The van der Waals surface area contributed by atoms with Gasteiger partial charge in [-0.25, -0.2) is 0 Å². The van der Waals surface area contributed by atoms with Crippen LogP contribution in [0.1, 0.15) is 44.2 Å². The summed E-state index contributed by atoms with van der Waals surface area (Å²) >= 11 is 0. The van der Waals surface area contributed by atoms with Gasteiger partial charge in [0.25, 0.3) is 5.97 Å². The maximum absolute atomic E-state index is 12.6. The second-order valence-corrected chi connectivity index (χ2v) is 6.21. The summed E-state index contributed by atoms with van der Waals surface area (Å²) < 4.78 is 37.8. The molecule has 1 aliphatic rings. The Balaban J connectivity index is 0.000000705. The number of likely N-dealkylation sites (N-methyl/N-ethyl adjacent to an activating group) is 1. The van der Waals surface area contributed by atoms with Gasteiger partial charge in [0.2, 0.25) is 0 Å². The molecule has 1 aromatic rings. The third kappa shape index (κ3) is 4.79. The Hall–Kier alpha value is -1.93. The van der Waals surface area contributed by atoms with Crippen molar-refractivity contribution < 1.29 is 33.0 Å². The maximum Gasteiger partial charge on any atom is 0.416 e. The van der Waals surface area contributed by atoms with Crippen LogP contribution in [0.4, 0.5) is 13.2 Å². The Morgan fingerprint density at radius 3 is 2.08 bits per heavy atom. The first-order chi connectivity index (χ1) is 11.4. The van der Waals surface area contributed by atoms with E-state index in [2.05, 4.69) is 5.32 Å². The minimum atomic E-state index is -4.41. The highest BCUT2D eigenvalue weighted by Crippen LogP contribution is 2.39. The highest BCUT2D eigenvalue weighted by atomic mass is 19.4. The van der Waals surface area contributed by atoms with Gasteiger partial charge in [0, 0.05) is 6.92 Å². The molecule has 25 heavy (non-hydrogen) atoms. The molecule has 0 aliphatic heterocycles. The molecule has 0 bridgehead atoms. The Morgan fingerprint density at radius 2 is 1.68 bits per heavy atom. The molecule has 1 fully saturated rings. The predicted molar refractivity (Wildman–Crippen MR) is 85.0 cm³/mol. The highest BCUT2D eigenvalue weighted by Gasteiger charge is 2.50. The number of rotatable bonds is 2. The van der Waals surface area contributed by atoms with Crippen LogP contribution >= 0.6 is 0 Å². The average molecular weight is 361 g/mol. The zero-order valence-electron chi connectivity index (χ0n) is 14.3. The third-order valence-electron chi connectivity index (χ3n) is 4.22. The van der Waals surface area contributed by atoms with Gasteiger partial charge in [0.15, 0.2) is 5.78 Å². The van der Waals surface area contributed by atoms with E-state index in [1.54, 1.807) is 7.05 Å². The van der Waals surface area contributed by atoms with Gasteiger partial charge in [-0.3, -0.25) is 9.59 Å². The number of hydrogen-bond donors (Lipinski definition) is 3. The van der Waals surface area contributed by atoms with Crippen LogP contribution < -0.4 is 5.32 Å². The van der Waals surface area contributed by atoms with Gasteiger partial charge in [-0.1, -0.05) is 12.1 Å². The van der Waals surface area contributed by atoms with Crippen molar-refractivity contribution >= 4 is 11.8 Å². The number of alkyl halides is 3. The lowest BCUT2D eigenvalue weighted by atomic mass is 9.69. The topological polar surface area (TPSA) is 86.6 Å². The van der Waals surface area contributed by atoms with Crippen molar-refractivity contribution in [3.05, 3.63) is 35.4 Å². The van der Waals surface area contributed by atoms with Crippen LogP contribution in [0.5, 0.6) is 0 Å².